The number of aryl methyl sites for hydroxylation is 1. The Bertz CT molecular complexity index is 760. The molecule has 0 saturated carbocycles. The molecule has 24 heavy (non-hydrogen) atoms. The second-order valence-electron chi connectivity index (χ2n) is 6.08. The van der Waals surface area contributed by atoms with E-state index in [1.165, 1.54) is 6.20 Å². The third-order valence-corrected chi connectivity index (χ3v) is 4.57. The molecule has 2 aliphatic rings. The Morgan fingerprint density at radius 1 is 1.25 bits per heavy atom. The SMILES string of the molecule is Nc1nccnc1[C@H]1CN(C(=O)c2noc3c2CCCC3)CCO1. The number of ether oxygens (including phenoxy) is 1. The minimum Gasteiger partial charge on any atom is -0.382 e. The van der Waals surface area contributed by atoms with Gasteiger partial charge in [-0.3, -0.25) is 9.78 Å². The molecule has 3 heterocycles. The van der Waals surface area contributed by atoms with Crippen LogP contribution in [-0.2, 0) is 17.6 Å². The van der Waals surface area contributed by atoms with E-state index in [9.17, 15) is 4.79 Å². The van der Waals surface area contributed by atoms with Gasteiger partial charge >= 0.3 is 0 Å². The van der Waals surface area contributed by atoms with Crippen LogP contribution in [0.1, 0.15) is 46.5 Å². The lowest BCUT2D eigenvalue weighted by atomic mass is 9.96. The summed E-state index contributed by atoms with van der Waals surface area (Å²) in [5.41, 5.74) is 7.85. The Balaban J connectivity index is 1.55. The van der Waals surface area contributed by atoms with E-state index in [-0.39, 0.29) is 12.0 Å². The van der Waals surface area contributed by atoms with Crippen LogP contribution in [0.2, 0.25) is 0 Å². The van der Waals surface area contributed by atoms with Gasteiger partial charge in [-0.05, 0) is 19.3 Å². The summed E-state index contributed by atoms with van der Waals surface area (Å²) in [7, 11) is 0. The predicted molar refractivity (Wildman–Crippen MR) is 84.2 cm³/mol. The Morgan fingerprint density at radius 3 is 2.96 bits per heavy atom. The molecular formula is C16H19N5O3. The van der Waals surface area contributed by atoms with Crippen molar-refractivity contribution in [3.05, 3.63) is 35.1 Å². The highest BCUT2D eigenvalue weighted by atomic mass is 16.5. The van der Waals surface area contributed by atoms with E-state index in [0.29, 0.717) is 36.9 Å². The molecule has 126 valence electrons. The zero-order valence-electron chi connectivity index (χ0n) is 13.3. The highest BCUT2D eigenvalue weighted by molar-refractivity contribution is 5.94. The molecule has 1 atom stereocenters. The summed E-state index contributed by atoms with van der Waals surface area (Å²) in [6.45, 7) is 1.31. The van der Waals surface area contributed by atoms with Gasteiger partial charge in [-0.1, -0.05) is 5.16 Å². The zero-order chi connectivity index (χ0) is 16.5. The third-order valence-electron chi connectivity index (χ3n) is 4.57. The van der Waals surface area contributed by atoms with Crippen molar-refractivity contribution in [1.29, 1.82) is 0 Å². The highest BCUT2D eigenvalue weighted by Crippen LogP contribution is 2.28. The number of aromatic nitrogens is 3. The summed E-state index contributed by atoms with van der Waals surface area (Å²) >= 11 is 0. The summed E-state index contributed by atoms with van der Waals surface area (Å²) in [6.07, 6.45) is 6.59. The number of nitrogens with two attached hydrogens (primary N) is 1. The number of nitrogen functional groups attached to an aromatic ring is 1. The summed E-state index contributed by atoms with van der Waals surface area (Å²) in [4.78, 5) is 22.9. The molecule has 2 aromatic heterocycles. The summed E-state index contributed by atoms with van der Waals surface area (Å²) in [5.74, 6) is 1.07. The Hall–Kier alpha value is -2.48. The van der Waals surface area contributed by atoms with Gasteiger partial charge in [0.25, 0.3) is 5.91 Å². The molecule has 8 nitrogen and oxygen atoms in total. The Kier molecular flexibility index (Phi) is 3.89. The molecule has 1 saturated heterocycles. The summed E-state index contributed by atoms with van der Waals surface area (Å²) in [5, 5.41) is 4.03. The zero-order valence-corrected chi connectivity index (χ0v) is 13.3. The van der Waals surface area contributed by atoms with Crippen molar-refractivity contribution in [1.82, 2.24) is 20.0 Å². The smallest absolute Gasteiger partial charge is 0.276 e. The Morgan fingerprint density at radius 2 is 2.08 bits per heavy atom. The number of morpholine rings is 1. The second kappa shape index (κ2) is 6.20. The standard InChI is InChI=1S/C16H19N5O3/c17-15-14(18-5-6-19-15)12-9-21(7-8-23-12)16(22)13-10-3-1-2-4-11(10)24-20-13/h5-6,12H,1-4,7-9H2,(H2,17,19)/t12-/m1/s1. The minimum atomic E-state index is -0.376. The van der Waals surface area contributed by atoms with Crippen molar-refractivity contribution in [2.45, 2.75) is 31.8 Å². The van der Waals surface area contributed by atoms with Gasteiger partial charge in [0.05, 0.1) is 13.2 Å². The fourth-order valence-electron chi connectivity index (χ4n) is 3.31. The highest BCUT2D eigenvalue weighted by Gasteiger charge is 2.32. The topological polar surface area (TPSA) is 107 Å². The van der Waals surface area contributed by atoms with Crippen LogP contribution in [0.25, 0.3) is 0 Å². The first-order valence-corrected chi connectivity index (χ1v) is 8.18. The number of amides is 1. The van der Waals surface area contributed by atoms with Crippen LogP contribution >= 0.6 is 0 Å². The number of hydrogen-bond acceptors (Lipinski definition) is 7. The molecule has 1 aliphatic carbocycles. The number of carbonyl (C=O) groups is 1. The van der Waals surface area contributed by atoms with Crippen molar-refractivity contribution >= 4 is 11.7 Å². The number of hydrogen-bond donors (Lipinski definition) is 1. The van der Waals surface area contributed by atoms with Crippen molar-refractivity contribution in [2.24, 2.45) is 0 Å². The Labute approximate surface area is 139 Å². The lowest BCUT2D eigenvalue weighted by molar-refractivity contribution is -0.0248. The maximum Gasteiger partial charge on any atom is 0.276 e. The van der Waals surface area contributed by atoms with Gasteiger partial charge in [-0.15, -0.1) is 0 Å². The first kappa shape index (κ1) is 15.1. The molecule has 0 unspecified atom stereocenters. The molecule has 0 spiro atoms. The van der Waals surface area contributed by atoms with Gasteiger partial charge in [0.15, 0.2) is 5.69 Å². The van der Waals surface area contributed by atoms with Crippen LogP contribution in [0.3, 0.4) is 0 Å². The second-order valence-corrected chi connectivity index (χ2v) is 6.08. The van der Waals surface area contributed by atoms with Gasteiger partial charge in [0.2, 0.25) is 0 Å². The molecule has 1 amide bonds. The van der Waals surface area contributed by atoms with Crippen LogP contribution in [0, 0.1) is 0 Å². The van der Waals surface area contributed by atoms with E-state index in [1.54, 1.807) is 11.1 Å². The molecule has 0 aromatic carbocycles. The average molecular weight is 329 g/mol. The van der Waals surface area contributed by atoms with Gasteiger partial charge in [-0.2, -0.15) is 0 Å². The fraction of sp³-hybridized carbons (Fsp3) is 0.500. The van der Waals surface area contributed by atoms with Crippen molar-refractivity contribution < 1.29 is 14.1 Å². The molecule has 1 fully saturated rings. The van der Waals surface area contributed by atoms with Crippen LogP contribution < -0.4 is 5.73 Å². The third kappa shape index (κ3) is 2.62. The number of fused-ring (bicyclic) bond motifs is 1. The number of carbonyl (C=O) groups excluding carboxylic acids is 1. The van der Waals surface area contributed by atoms with Gasteiger partial charge in [0, 0.05) is 30.9 Å². The van der Waals surface area contributed by atoms with E-state index in [1.807, 2.05) is 0 Å². The first-order chi connectivity index (χ1) is 11.7. The lowest BCUT2D eigenvalue weighted by Gasteiger charge is -2.32. The van der Waals surface area contributed by atoms with Crippen molar-refractivity contribution in [3.8, 4) is 0 Å². The number of nitrogens with zero attached hydrogens (tertiary/aromatic N) is 4. The van der Waals surface area contributed by atoms with Crippen LogP contribution in [0.4, 0.5) is 5.82 Å². The van der Waals surface area contributed by atoms with E-state index >= 15 is 0 Å². The van der Waals surface area contributed by atoms with E-state index in [0.717, 1.165) is 37.0 Å². The van der Waals surface area contributed by atoms with Crippen molar-refractivity contribution in [3.63, 3.8) is 0 Å². The molecule has 8 heteroatoms. The largest absolute Gasteiger partial charge is 0.382 e. The first-order valence-electron chi connectivity index (χ1n) is 8.18. The van der Waals surface area contributed by atoms with Crippen LogP contribution in [0.5, 0.6) is 0 Å². The molecule has 0 radical (unpaired) electrons. The quantitative estimate of drug-likeness (QED) is 0.880. The van der Waals surface area contributed by atoms with Gasteiger partial charge in [-0.25, -0.2) is 4.98 Å². The van der Waals surface area contributed by atoms with E-state index < -0.39 is 0 Å². The van der Waals surface area contributed by atoms with Crippen LogP contribution in [0.15, 0.2) is 16.9 Å². The van der Waals surface area contributed by atoms with Crippen molar-refractivity contribution in [2.75, 3.05) is 25.4 Å². The average Bonchev–Trinajstić information content (AvgIpc) is 3.06. The molecule has 1 aliphatic heterocycles. The monoisotopic (exact) mass is 329 g/mol. The molecule has 0 bridgehead atoms. The van der Waals surface area contributed by atoms with Gasteiger partial charge < -0.3 is 19.9 Å². The molecular weight excluding hydrogens is 310 g/mol. The normalized spacial score (nSPS) is 20.7. The molecule has 2 N–H and O–H groups in total. The van der Waals surface area contributed by atoms with E-state index in [4.69, 9.17) is 15.0 Å². The predicted octanol–water partition coefficient (Wildman–Crippen LogP) is 1.14. The molecule has 4 rings (SSSR count). The molecule has 2 aromatic rings. The lowest BCUT2D eigenvalue weighted by Crippen LogP contribution is -2.43. The maximum absolute atomic E-state index is 12.9. The number of rotatable bonds is 2. The summed E-state index contributed by atoms with van der Waals surface area (Å²) < 4.78 is 11.1. The fourth-order valence-corrected chi connectivity index (χ4v) is 3.31. The van der Waals surface area contributed by atoms with Gasteiger partial charge in [0.1, 0.15) is 23.4 Å². The number of anilines is 1. The maximum atomic E-state index is 12.9. The minimum absolute atomic E-state index is 0.113. The van der Waals surface area contributed by atoms with E-state index in [2.05, 4.69) is 15.1 Å². The summed E-state index contributed by atoms with van der Waals surface area (Å²) in [6, 6.07) is 0. The van der Waals surface area contributed by atoms with Crippen LogP contribution in [-0.4, -0.2) is 45.6 Å².